The average Bonchev–Trinajstić information content (AvgIpc) is 2.48. The maximum atomic E-state index is 6.47. The smallest absolute Gasteiger partial charge is 0.0702 e. The van der Waals surface area contributed by atoms with Crippen LogP contribution in [0, 0.1) is 0 Å². The summed E-state index contributed by atoms with van der Waals surface area (Å²) in [6.07, 6.45) is 3.00. The second-order valence-electron chi connectivity index (χ2n) is 5.50. The fourth-order valence-electron chi connectivity index (χ4n) is 3.12. The lowest BCUT2D eigenvalue weighted by Gasteiger charge is -2.34. The van der Waals surface area contributed by atoms with Gasteiger partial charge in [-0.3, -0.25) is 4.98 Å². The maximum Gasteiger partial charge on any atom is 0.0702 e. The van der Waals surface area contributed by atoms with E-state index in [9.17, 15) is 0 Å². The lowest BCUT2D eigenvalue weighted by Crippen LogP contribution is -2.29. The van der Waals surface area contributed by atoms with Crippen LogP contribution in [0.1, 0.15) is 28.7 Å². The molecule has 2 heteroatoms. The molecule has 0 radical (unpaired) electrons. The molecule has 3 aromatic rings. The summed E-state index contributed by atoms with van der Waals surface area (Å²) in [6.45, 7) is 0. The molecular weight excluding hydrogens is 244 g/mol. The second kappa shape index (κ2) is 4.43. The van der Waals surface area contributed by atoms with Crippen molar-refractivity contribution in [3.63, 3.8) is 0 Å². The third-order valence-corrected chi connectivity index (χ3v) is 4.32. The molecule has 1 aliphatic rings. The Morgan fingerprint density at radius 3 is 2.75 bits per heavy atom. The molecule has 0 saturated carbocycles. The summed E-state index contributed by atoms with van der Waals surface area (Å²) in [4.78, 5) is 4.52. The molecule has 4 rings (SSSR count). The summed E-state index contributed by atoms with van der Waals surface area (Å²) in [6, 6.07) is 18.9. The standard InChI is InChI=1S/C18H16N2/c19-18(16-10-12-5-1-3-7-15(12)16)14-9-13-6-2-4-8-17(13)20-11-14/h1-9,11,16,18H,10,19H2. The molecule has 0 fully saturated rings. The lowest BCUT2D eigenvalue weighted by atomic mass is 9.72. The third kappa shape index (κ3) is 1.73. The molecule has 2 aromatic carbocycles. The first kappa shape index (κ1) is 11.6. The van der Waals surface area contributed by atoms with Crippen molar-refractivity contribution in [2.75, 3.05) is 0 Å². The monoisotopic (exact) mass is 260 g/mol. The fraction of sp³-hybridized carbons (Fsp3) is 0.167. The minimum atomic E-state index is 0.0296. The summed E-state index contributed by atoms with van der Waals surface area (Å²) in [7, 11) is 0. The molecule has 0 saturated heterocycles. The van der Waals surface area contributed by atoms with E-state index in [0.717, 1.165) is 22.9 Å². The van der Waals surface area contributed by atoms with Gasteiger partial charge >= 0.3 is 0 Å². The van der Waals surface area contributed by atoms with Gasteiger partial charge in [0.05, 0.1) is 5.52 Å². The Bertz CT molecular complexity index is 779. The summed E-state index contributed by atoms with van der Waals surface area (Å²) in [5, 5.41) is 1.16. The lowest BCUT2D eigenvalue weighted by molar-refractivity contribution is 0.499. The molecule has 2 unspecified atom stereocenters. The fourth-order valence-corrected chi connectivity index (χ4v) is 3.12. The van der Waals surface area contributed by atoms with Gasteiger partial charge in [-0.25, -0.2) is 0 Å². The second-order valence-corrected chi connectivity index (χ2v) is 5.50. The molecule has 0 spiro atoms. The van der Waals surface area contributed by atoms with Crippen LogP contribution >= 0.6 is 0 Å². The Balaban J connectivity index is 1.70. The van der Waals surface area contributed by atoms with Gasteiger partial charge in [-0.05, 0) is 35.2 Å². The van der Waals surface area contributed by atoms with Crippen LogP contribution in [0.25, 0.3) is 10.9 Å². The van der Waals surface area contributed by atoms with Gasteiger partial charge in [0.15, 0.2) is 0 Å². The zero-order valence-corrected chi connectivity index (χ0v) is 11.2. The van der Waals surface area contributed by atoms with Gasteiger partial charge in [-0.15, -0.1) is 0 Å². The molecule has 2 atom stereocenters. The van der Waals surface area contributed by atoms with Gasteiger partial charge in [-0.2, -0.15) is 0 Å². The Kier molecular flexibility index (Phi) is 2.57. The number of pyridine rings is 1. The predicted molar refractivity (Wildman–Crippen MR) is 81.6 cm³/mol. The summed E-state index contributed by atoms with van der Waals surface area (Å²) in [5.74, 6) is 0.425. The van der Waals surface area contributed by atoms with E-state index in [2.05, 4.69) is 41.4 Å². The Morgan fingerprint density at radius 1 is 1.05 bits per heavy atom. The number of nitrogens with two attached hydrogens (primary N) is 1. The highest BCUT2D eigenvalue weighted by atomic mass is 14.7. The molecule has 0 amide bonds. The highest BCUT2D eigenvalue weighted by molar-refractivity contribution is 5.78. The Hall–Kier alpha value is -2.19. The molecule has 1 aromatic heterocycles. The van der Waals surface area contributed by atoms with E-state index in [-0.39, 0.29) is 6.04 Å². The first-order valence-corrected chi connectivity index (χ1v) is 7.01. The quantitative estimate of drug-likeness (QED) is 0.765. The molecule has 98 valence electrons. The van der Waals surface area contributed by atoms with Crippen molar-refractivity contribution in [2.24, 2.45) is 5.73 Å². The van der Waals surface area contributed by atoms with Crippen LogP contribution < -0.4 is 5.73 Å². The topological polar surface area (TPSA) is 38.9 Å². The minimum Gasteiger partial charge on any atom is -0.323 e. The van der Waals surface area contributed by atoms with E-state index in [1.54, 1.807) is 0 Å². The van der Waals surface area contributed by atoms with Gasteiger partial charge in [0.25, 0.3) is 0 Å². The summed E-state index contributed by atoms with van der Waals surface area (Å²) >= 11 is 0. The molecule has 20 heavy (non-hydrogen) atoms. The van der Waals surface area contributed by atoms with E-state index >= 15 is 0 Å². The van der Waals surface area contributed by atoms with Crippen LogP contribution in [-0.4, -0.2) is 4.98 Å². The van der Waals surface area contributed by atoms with Crippen molar-refractivity contribution in [1.29, 1.82) is 0 Å². The van der Waals surface area contributed by atoms with E-state index in [4.69, 9.17) is 5.73 Å². The number of fused-ring (bicyclic) bond motifs is 2. The average molecular weight is 260 g/mol. The number of aromatic nitrogens is 1. The number of para-hydroxylation sites is 1. The molecule has 1 aliphatic carbocycles. The van der Waals surface area contributed by atoms with Crippen molar-refractivity contribution in [3.8, 4) is 0 Å². The van der Waals surface area contributed by atoms with Gasteiger partial charge in [0, 0.05) is 23.5 Å². The van der Waals surface area contributed by atoms with Crippen LogP contribution in [0.5, 0.6) is 0 Å². The minimum absolute atomic E-state index is 0.0296. The summed E-state index contributed by atoms with van der Waals surface area (Å²) in [5.41, 5.74) is 11.4. The van der Waals surface area contributed by atoms with E-state index in [1.165, 1.54) is 11.1 Å². The largest absolute Gasteiger partial charge is 0.323 e. The molecule has 1 heterocycles. The van der Waals surface area contributed by atoms with Crippen molar-refractivity contribution in [3.05, 3.63) is 77.5 Å². The molecular formula is C18H16N2. The van der Waals surface area contributed by atoms with Gasteiger partial charge < -0.3 is 5.73 Å². The van der Waals surface area contributed by atoms with E-state index in [0.29, 0.717) is 5.92 Å². The van der Waals surface area contributed by atoms with Crippen LogP contribution in [0.2, 0.25) is 0 Å². The predicted octanol–water partition coefficient (Wildman–Crippen LogP) is 3.57. The number of hydrogen-bond acceptors (Lipinski definition) is 2. The SMILES string of the molecule is NC(c1cnc2ccccc2c1)C1Cc2ccccc21. The third-order valence-electron chi connectivity index (χ3n) is 4.32. The van der Waals surface area contributed by atoms with Crippen molar-refractivity contribution in [1.82, 2.24) is 4.98 Å². The molecule has 2 N–H and O–H groups in total. The maximum absolute atomic E-state index is 6.47. The Labute approximate surface area is 118 Å². The zero-order chi connectivity index (χ0) is 13.5. The number of rotatable bonds is 2. The van der Waals surface area contributed by atoms with Gasteiger partial charge in [0.1, 0.15) is 0 Å². The first-order chi connectivity index (χ1) is 9.83. The number of hydrogen-bond donors (Lipinski definition) is 1. The first-order valence-electron chi connectivity index (χ1n) is 7.01. The van der Waals surface area contributed by atoms with Crippen LogP contribution in [0.15, 0.2) is 60.8 Å². The Morgan fingerprint density at radius 2 is 1.85 bits per heavy atom. The van der Waals surface area contributed by atoms with Crippen molar-refractivity contribution >= 4 is 10.9 Å². The van der Waals surface area contributed by atoms with Gasteiger partial charge in [0.2, 0.25) is 0 Å². The number of nitrogens with zero attached hydrogens (tertiary/aromatic N) is 1. The highest BCUT2D eigenvalue weighted by Crippen LogP contribution is 2.42. The molecule has 0 aliphatic heterocycles. The van der Waals surface area contributed by atoms with Crippen LogP contribution in [0.4, 0.5) is 0 Å². The van der Waals surface area contributed by atoms with Crippen LogP contribution in [0.3, 0.4) is 0 Å². The van der Waals surface area contributed by atoms with Crippen LogP contribution in [-0.2, 0) is 6.42 Å². The number of benzene rings is 2. The van der Waals surface area contributed by atoms with E-state index in [1.807, 2.05) is 24.4 Å². The van der Waals surface area contributed by atoms with E-state index < -0.39 is 0 Å². The van der Waals surface area contributed by atoms with Gasteiger partial charge in [-0.1, -0.05) is 42.5 Å². The normalized spacial score (nSPS) is 18.4. The molecule has 0 bridgehead atoms. The molecule has 2 nitrogen and oxygen atoms in total. The highest BCUT2D eigenvalue weighted by Gasteiger charge is 2.31. The van der Waals surface area contributed by atoms with Crippen molar-refractivity contribution < 1.29 is 0 Å². The van der Waals surface area contributed by atoms with Crippen molar-refractivity contribution in [2.45, 2.75) is 18.4 Å². The summed E-state index contributed by atoms with van der Waals surface area (Å²) < 4.78 is 0. The zero-order valence-electron chi connectivity index (χ0n) is 11.2.